The van der Waals surface area contributed by atoms with E-state index in [2.05, 4.69) is 10.6 Å². The van der Waals surface area contributed by atoms with Gasteiger partial charge in [-0.25, -0.2) is 0 Å². The Labute approximate surface area is 126 Å². The SMILES string of the molecule is COc1ccc(NC(=O)C2CC3CCCCC3N2)c(C)c1. The highest BCUT2D eigenvalue weighted by molar-refractivity contribution is 5.95. The van der Waals surface area contributed by atoms with Crippen LogP contribution in [0, 0.1) is 12.8 Å². The van der Waals surface area contributed by atoms with E-state index in [0.29, 0.717) is 12.0 Å². The average Bonchev–Trinajstić information content (AvgIpc) is 2.93. The van der Waals surface area contributed by atoms with E-state index < -0.39 is 0 Å². The van der Waals surface area contributed by atoms with Crippen LogP contribution in [-0.2, 0) is 4.79 Å². The number of fused-ring (bicyclic) bond motifs is 1. The molecule has 0 bridgehead atoms. The van der Waals surface area contributed by atoms with Crippen molar-refractivity contribution in [2.24, 2.45) is 5.92 Å². The van der Waals surface area contributed by atoms with Crippen molar-refractivity contribution in [2.45, 2.75) is 51.1 Å². The lowest BCUT2D eigenvalue weighted by Crippen LogP contribution is -2.40. The van der Waals surface area contributed by atoms with Gasteiger partial charge in [0.1, 0.15) is 5.75 Å². The van der Waals surface area contributed by atoms with E-state index in [0.717, 1.165) is 23.4 Å². The lowest BCUT2D eigenvalue weighted by Gasteiger charge is -2.24. The molecule has 1 heterocycles. The Morgan fingerprint density at radius 2 is 2.14 bits per heavy atom. The first-order valence-corrected chi connectivity index (χ1v) is 7.89. The third kappa shape index (κ3) is 3.05. The smallest absolute Gasteiger partial charge is 0.241 e. The molecule has 1 aliphatic carbocycles. The minimum absolute atomic E-state index is 0.0420. The molecule has 21 heavy (non-hydrogen) atoms. The number of amides is 1. The molecule has 0 spiro atoms. The molecule has 1 saturated carbocycles. The molecule has 1 amide bonds. The molecule has 3 atom stereocenters. The standard InChI is InChI=1S/C17H24N2O2/c1-11-9-13(21-2)7-8-14(11)19-17(20)16-10-12-5-3-4-6-15(12)18-16/h7-9,12,15-16,18H,3-6,10H2,1-2H3,(H,19,20). The number of methoxy groups -OCH3 is 1. The number of nitrogens with one attached hydrogen (secondary N) is 2. The Morgan fingerprint density at radius 1 is 1.33 bits per heavy atom. The van der Waals surface area contributed by atoms with E-state index in [-0.39, 0.29) is 11.9 Å². The Balaban J connectivity index is 1.64. The zero-order valence-electron chi connectivity index (χ0n) is 12.8. The van der Waals surface area contributed by atoms with Crippen LogP contribution in [0.1, 0.15) is 37.7 Å². The second-order valence-electron chi connectivity index (χ2n) is 6.28. The summed E-state index contributed by atoms with van der Waals surface area (Å²) in [6, 6.07) is 6.24. The summed E-state index contributed by atoms with van der Waals surface area (Å²) < 4.78 is 5.19. The highest BCUT2D eigenvalue weighted by atomic mass is 16.5. The van der Waals surface area contributed by atoms with Crippen LogP contribution in [-0.4, -0.2) is 25.1 Å². The summed E-state index contributed by atoms with van der Waals surface area (Å²) in [5.41, 5.74) is 1.90. The van der Waals surface area contributed by atoms with Crippen molar-refractivity contribution in [1.29, 1.82) is 0 Å². The summed E-state index contributed by atoms with van der Waals surface area (Å²) in [4.78, 5) is 12.5. The van der Waals surface area contributed by atoms with E-state index >= 15 is 0 Å². The maximum Gasteiger partial charge on any atom is 0.241 e. The van der Waals surface area contributed by atoms with Crippen molar-refractivity contribution in [3.05, 3.63) is 23.8 Å². The van der Waals surface area contributed by atoms with Gasteiger partial charge in [0.15, 0.2) is 0 Å². The van der Waals surface area contributed by atoms with Crippen molar-refractivity contribution in [1.82, 2.24) is 5.32 Å². The van der Waals surface area contributed by atoms with Crippen molar-refractivity contribution in [2.75, 3.05) is 12.4 Å². The maximum atomic E-state index is 12.5. The zero-order chi connectivity index (χ0) is 14.8. The molecular weight excluding hydrogens is 264 g/mol. The molecule has 4 nitrogen and oxygen atoms in total. The van der Waals surface area contributed by atoms with Crippen LogP contribution in [0.3, 0.4) is 0 Å². The summed E-state index contributed by atoms with van der Waals surface area (Å²) in [6.45, 7) is 1.99. The number of hydrogen-bond acceptors (Lipinski definition) is 3. The van der Waals surface area contributed by atoms with Gasteiger partial charge in [-0.1, -0.05) is 12.8 Å². The Morgan fingerprint density at radius 3 is 2.86 bits per heavy atom. The third-order valence-corrected chi connectivity index (χ3v) is 4.87. The number of benzene rings is 1. The molecule has 3 unspecified atom stereocenters. The van der Waals surface area contributed by atoms with E-state index in [4.69, 9.17) is 4.74 Å². The van der Waals surface area contributed by atoms with Crippen LogP contribution in [0.5, 0.6) is 5.75 Å². The maximum absolute atomic E-state index is 12.5. The number of hydrogen-bond donors (Lipinski definition) is 2. The predicted octanol–water partition coefficient (Wildman–Crippen LogP) is 2.86. The number of carbonyl (C=O) groups excluding carboxylic acids is 1. The van der Waals surface area contributed by atoms with E-state index in [1.165, 1.54) is 25.7 Å². The van der Waals surface area contributed by atoms with Crippen LogP contribution >= 0.6 is 0 Å². The number of aryl methyl sites for hydroxylation is 1. The largest absolute Gasteiger partial charge is 0.497 e. The molecule has 0 radical (unpaired) electrons. The highest BCUT2D eigenvalue weighted by Gasteiger charge is 2.38. The summed E-state index contributed by atoms with van der Waals surface area (Å²) >= 11 is 0. The number of rotatable bonds is 3. The molecule has 3 rings (SSSR count). The van der Waals surface area contributed by atoms with Crippen LogP contribution < -0.4 is 15.4 Å². The molecule has 0 aromatic heterocycles. The van der Waals surface area contributed by atoms with Crippen LogP contribution in [0.15, 0.2) is 18.2 Å². The topological polar surface area (TPSA) is 50.4 Å². The van der Waals surface area contributed by atoms with Crippen molar-refractivity contribution >= 4 is 11.6 Å². The molecule has 1 aromatic carbocycles. The quantitative estimate of drug-likeness (QED) is 0.899. The highest BCUT2D eigenvalue weighted by Crippen LogP contribution is 2.33. The summed E-state index contributed by atoms with van der Waals surface area (Å²) in [7, 11) is 1.65. The Hall–Kier alpha value is -1.55. The number of ether oxygens (including phenoxy) is 1. The summed E-state index contributed by atoms with van der Waals surface area (Å²) in [5, 5.41) is 6.57. The zero-order valence-corrected chi connectivity index (χ0v) is 12.8. The first-order valence-electron chi connectivity index (χ1n) is 7.89. The van der Waals surface area contributed by atoms with Gasteiger partial charge >= 0.3 is 0 Å². The lowest BCUT2D eigenvalue weighted by atomic mass is 9.85. The Kier molecular flexibility index (Phi) is 4.15. The third-order valence-electron chi connectivity index (χ3n) is 4.87. The second kappa shape index (κ2) is 6.06. The fourth-order valence-electron chi connectivity index (χ4n) is 3.64. The normalized spacial score (nSPS) is 28.0. The van der Waals surface area contributed by atoms with Crippen LogP contribution in [0.2, 0.25) is 0 Å². The minimum Gasteiger partial charge on any atom is -0.497 e. The molecule has 1 aliphatic heterocycles. The molecule has 4 heteroatoms. The molecule has 1 saturated heterocycles. The lowest BCUT2D eigenvalue weighted by molar-refractivity contribution is -0.117. The molecular formula is C17H24N2O2. The van der Waals surface area contributed by atoms with Gasteiger partial charge in [0.25, 0.3) is 0 Å². The van der Waals surface area contributed by atoms with Gasteiger partial charge in [0, 0.05) is 11.7 Å². The van der Waals surface area contributed by atoms with Gasteiger partial charge in [-0.2, -0.15) is 0 Å². The fourth-order valence-corrected chi connectivity index (χ4v) is 3.64. The first-order chi connectivity index (χ1) is 10.2. The number of anilines is 1. The van der Waals surface area contributed by atoms with Crippen molar-refractivity contribution in [3.63, 3.8) is 0 Å². The molecule has 1 aromatic rings. The van der Waals surface area contributed by atoms with Gasteiger partial charge in [-0.15, -0.1) is 0 Å². The van der Waals surface area contributed by atoms with Crippen LogP contribution in [0.25, 0.3) is 0 Å². The second-order valence-corrected chi connectivity index (χ2v) is 6.28. The van der Waals surface area contributed by atoms with Gasteiger partial charge in [-0.05, 0) is 55.9 Å². The van der Waals surface area contributed by atoms with E-state index in [9.17, 15) is 4.79 Å². The minimum atomic E-state index is -0.0420. The van der Waals surface area contributed by atoms with Gasteiger partial charge < -0.3 is 15.4 Å². The van der Waals surface area contributed by atoms with Crippen molar-refractivity contribution in [3.8, 4) is 5.75 Å². The number of carbonyl (C=O) groups is 1. The summed E-state index contributed by atoms with van der Waals surface area (Å²) in [6.07, 6.45) is 6.07. The molecule has 2 aliphatic rings. The van der Waals surface area contributed by atoms with Crippen LogP contribution in [0.4, 0.5) is 5.69 Å². The first kappa shape index (κ1) is 14.4. The van der Waals surface area contributed by atoms with Gasteiger partial charge in [0.2, 0.25) is 5.91 Å². The average molecular weight is 288 g/mol. The fraction of sp³-hybridized carbons (Fsp3) is 0.588. The molecule has 2 N–H and O–H groups in total. The van der Waals surface area contributed by atoms with Gasteiger partial charge in [-0.3, -0.25) is 4.79 Å². The summed E-state index contributed by atoms with van der Waals surface area (Å²) in [5.74, 6) is 1.60. The van der Waals surface area contributed by atoms with Crippen molar-refractivity contribution < 1.29 is 9.53 Å². The predicted molar refractivity (Wildman–Crippen MR) is 83.6 cm³/mol. The molecule has 114 valence electrons. The van der Waals surface area contributed by atoms with E-state index in [1.54, 1.807) is 7.11 Å². The monoisotopic (exact) mass is 288 g/mol. The van der Waals surface area contributed by atoms with E-state index in [1.807, 2.05) is 25.1 Å². The van der Waals surface area contributed by atoms with Gasteiger partial charge in [0.05, 0.1) is 13.2 Å². The Bertz CT molecular complexity index is 516. The molecule has 2 fully saturated rings.